The van der Waals surface area contributed by atoms with Crippen molar-refractivity contribution in [2.24, 2.45) is 0 Å². The topological polar surface area (TPSA) is 35.1 Å². The number of benzene rings is 8. The molecule has 0 spiro atoms. The third-order valence-corrected chi connectivity index (χ3v) is 10.8. The van der Waals surface area contributed by atoms with Gasteiger partial charge in [0.05, 0.1) is 38.6 Å². The molecule has 8 aromatic carbocycles. The highest BCUT2D eigenvalue weighted by Gasteiger charge is 2.25. The fourth-order valence-electron chi connectivity index (χ4n) is 8.76. The van der Waals surface area contributed by atoms with E-state index in [9.17, 15) is 0 Å². The van der Waals surface area contributed by atoms with Gasteiger partial charge in [-0.15, -0.1) is 0 Å². The van der Waals surface area contributed by atoms with Crippen molar-refractivity contribution in [2.45, 2.75) is 0 Å². The first-order chi connectivity index (χ1) is 24.8. The van der Waals surface area contributed by atoms with Gasteiger partial charge >= 0.3 is 0 Å². The summed E-state index contributed by atoms with van der Waals surface area (Å²) in [5.74, 6) is 0.830. The van der Waals surface area contributed by atoms with Crippen molar-refractivity contribution in [3.63, 3.8) is 0 Å². The van der Waals surface area contributed by atoms with Crippen LogP contribution in [0.1, 0.15) is 0 Å². The molecule has 50 heavy (non-hydrogen) atoms. The summed E-state index contributed by atoms with van der Waals surface area (Å²) in [4.78, 5) is 11.2. The molecule has 12 rings (SSSR count). The Morgan fingerprint density at radius 3 is 1.84 bits per heavy atom. The van der Waals surface area contributed by atoms with Gasteiger partial charge in [-0.1, -0.05) is 127 Å². The van der Waals surface area contributed by atoms with E-state index in [4.69, 9.17) is 9.97 Å². The molecule has 0 bridgehead atoms. The Bertz CT molecular complexity index is 3380. The Kier molecular flexibility index (Phi) is 4.94. The fraction of sp³-hybridized carbons (Fsp3) is 0. The van der Waals surface area contributed by atoms with E-state index in [1.165, 1.54) is 54.3 Å². The molecule has 0 aliphatic heterocycles. The van der Waals surface area contributed by atoms with Crippen LogP contribution in [0.4, 0.5) is 0 Å². The van der Waals surface area contributed by atoms with Crippen LogP contribution in [0.15, 0.2) is 158 Å². The van der Waals surface area contributed by atoms with Gasteiger partial charge in [-0.25, -0.2) is 9.97 Å². The lowest BCUT2D eigenvalue weighted by Crippen LogP contribution is -2.04. The van der Waals surface area contributed by atoms with Crippen molar-refractivity contribution in [3.05, 3.63) is 158 Å². The zero-order valence-electron chi connectivity index (χ0n) is 26.8. The summed E-state index contributed by atoms with van der Waals surface area (Å²) in [5, 5.41) is 12.1. The SMILES string of the molecule is c1ccc2c(-c3nc4ccc5ccccc5c4nc3-n3c4cccc5c6cccc7c8ccccc8n(c8cccc3c8c54)c67)cccc2c1. The van der Waals surface area contributed by atoms with Crippen LogP contribution in [0.2, 0.25) is 0 Å². The van der Waals surface area contributed by atoms with Crippen LogP contribution < -0.4 is 0 Å². The van der Waals surface area contributed by atoms with Gasteiger partial charge in [-0.2, -0.15) is 0 Å². The molecular weight excluding hydrogens is 609 g/mol. The monoisotopic (exact) mass is 634 g/mol. The average Bonchev–Trinajstić information content (AvgIpc) is 3.66. The molecule has 0 atom stereocenters. The molecule has 4 nitrogen and oxygen atoms in total. The van der Waals surface area contributed by atoms with Crippen molar-refractivity contribution in [1.82, 2.24) is 18.9 Å². The smallest absolute Gasteiger partial charge is 0.165 e. The zero-order chi connectivity index (χ0) is 32.5. The van der Waals surface area contributed by atoms with Crippen LogP contribution in [0, 0.1) is 0 Å². The third kappa shape index (κ3) is 3.25. The molecule has 4 heteroatoms. The van der Waals surface area contributed by atoms with Crippen LogP contribution in [0.25, 0.3) is 110 Å². The second-order valence-corrected chi connectivity index (χ2v) is 13.3. The Labute approximate surface area is 285 Å². The standard InChI is InChI=1S/C46H26N4/c1-3-14-29-27(11-1)13-7-18-33(29)44-46(48-43-30-15-4-2-12-28(30)25-26-36(43)47-44)50-38-22-9-17-32-35-20-8-19-34-31-16-5-6-21-37(31)49(45(34)35)39-23-10-24-40(50)42(39)41(32)38/h1-26H. The number of hydrogen-bond donors (Lipinski definition) is 0. The molecule has 4 heterocycles. The molecule has 0 unspecified atom stereocenters. The molecule has 0 amide bonds. The molecule has 0 saturated carbocycles. The minimum atomic E-state index is 0.830. The van der Waals surface area contributed by atoms with Crippen molar-refractivity contribution in [1.29, 1.82) is 0 Å². The van der Waals surface area contributed by atoms with Crippen LogP contribution in [-0.2, 0) is 0 Å². The van der Waals surface area contributed by atoms with Crippen LogP contribution in [0.5, 0.6) is 0 Å². The van der Waals surface area contributed by atoms with Gasteiger partial charge in [0.1, 0.15) is 5.69 Å². The summed E-state index contributed by atoms with van der Waals surface area (Å²) >= 11 is 0. The first-order valence-corrected chi connectivity index (χ1v) is 17.1. The van der Waals surface area contributed by atoms with Crippen LogP contribution >= 0.6 is 0 Å². The average molecular weight is 635 g/mol. The third-order valence-electron chi connectivity index (χ3n) is 10.8. The number of fused-ring (bicyclic) bond motifs is 9. The highest BCUT2D eigenvalue weighted by molar-refractivity contribution is 6.31. The van der Waals surface area contributed by atoms with Crippen molar-refractivity contribution < 1.29 is 0 Å². The number of aromatic nitrogens is 4. The van der Waals surface area contributed by atoms with Crippen molar-refractivity contribution >= 4 is 92.5 Å². The predicted octanol–water partition coefficient (Wildman–Crippen LogP) is 11.9. The summed E-state index contributed by atoms with van der Waals surface area (Å²) < 4.78 is 4.86. The lowest BCUT2D eigenvalue weighted by Gasteiger charge is -2.16. The minimum Gasteiger partial charge on any atom is -0.308 e. The highest BCUT2D eigenvalue weighted by atomic mass is 15.1. The van der Waals surface area contributed by atoms with Crippen molar-refractivity contribution in [2.75, 3.05) is 0 Å². The van der Waals surface area contributed by atoms with Gasteiger partial charge in [0.2, 0.25) is 0 Å². The summed E-state index contributed by atoms with van der Waals surface area (Å²) in [6.07, 6.45) is 0. The minimum absolute atomic E-state index is 0.830. The summed E-state index contributed by atoms with van der Waals surface area (Å²) in [7, 11) is 0. The number of rotatable bonds is 2. The molecule has 0 N–H and O–H groups in total. The van der Waals surface area contributed by atoms with E-state index in [1.54, 1.807) is 0 Å². The lowest BCUT2D eigenvalue weighted by atomic mass is 10.0. The first kappa shape index (κ1) is 26.2. The predicted molar refractivity (Wildman–Crippen MR) is 209 cm³/mol. The summed E-state index contributed by atoms with van der Waals surface area (Å²) in [6.45, 7) is 0. The molecule has 12 aromatic rings. The van der Waals surface area contributed by atoms with Gasteiger partial charge in [0.25, 0.3) is 0 Å². The van der Waals surface area contributed by atoms with E-state index >= 15 is 0 Å². The van der Waals surface area contributed by atoms with E-state index in [-0.39, 0.29) is 0 Å². The quantitative estimate of drug-likeness (QED) is 0.177. The van der Waals surface area contributed by atoms with E-state index < -0.39 is 0 Å². The number of para-hydroxylation sites is 2. The maximum atomic E-state index is 5.65. The maximum absolute atomic E-state index is 5.65. The van der Waals surface area contributed by atoms with Gasteiger partial charge < -0.3 is 4.40 Å². The normalized spacial score (nSPS) is 12.4. The Morgan fingerprint density at radius 1 is 0.380 bits per heavy atom. The van der Waals surface area contributed by atoms with E-state index in [2.05, 4.69) is 167 Å². The Balaban J connectivity index is 1.34. The molecule has 0 aliphatic carbocycles. The molecule has 0 saturated heterocycles. The molecule has 0 aliphatic rings. The Hall–Kier alpha value is -6.78. The van der Waals surface area contributed by atoms with E-state index in [1.807, 2.05) is 0 Å². The maximum Gasteiger partial charge on any atom is 0.165 e. The van der Waals surface area contributed by atoms with E-state index in [0.29, 0.717) is 0 Å². The zero-order valence-corrected chi connectivity index (χ0v) is 26.8. The molecule has 230 valence electrons. The number of nitrogens with zero attached hydrogens (tertiary/aromatic N) is 4. The summed E-state index contributed by atoms with van der Waals surface area (Å²) in [5.41, 5.74) is 9.60. The molecule has 0 radical (unpaired) electrons. The first-order valence-electron chi connectivity index (χ1n) is 17.1. The summed E-state index contributed by atoms with van der Waals surface area (Å²) in [6, 6.07) is 56.8. The van der Waals surface area contributed by atoms with Gasteiger partial charge in [0.15, 0.2) is 5.82 Å². The van der Waals surface area contributed by atoms with E-state index in [0.717, 1.165) is 55.3 Å². The Morgan fingerprint density at radius 2 is 0.960 bits per heavy atom. The lowest BCUT2D eigenvalue weighted by molar-refractivity contribution is 1.08. The second kappa shape index (κ2) is 9.43. The van der Waals surface area contributed by atoms with Crippen molar-refractivity contribution in [3.8, 4) is 17.1 Å². The molecule has 4 aromatic heterocycles. The molecular formula is C46H26N4. The van der Waals surface area contributed by atoms with Crippen LogP contribution in [0.3, 0.4) is 0 Å². The second-order valence-electron chi connectivity index (χ2n) is 13.3. The van der Waals surface area contributed by atoms with Crippen LogP contribution in [-0.4, -0.2) is 18.9 Å². The fourth-order valence-corrected chi connectivity index (χ4v) is 8.76. The van der Waals surface area contributed by atoms with Gasteiger partial charge in [0, 0.05) is 37.9 Å². The van der Waals surface area contributed by atoms with Gasteiger partial charge in [-0.05, 0) is 51.9 Å². The largest absolute Gasteiger partial charge is 0.308 e. The molecule has 0 fully saturated rings. The number of hydrogen-bond acceptors (Lipinski definition) is 2. The van der Waals surface area contributed by atoms with Gasteiger partial charge in [-0.3, -0.25) is 4.57 Å². The highest BCUT2D eigenvalue weighted by Crippen LogP contribution is 2.45.